The predicted molar refractivity (Wildman–Crippen MR) is 83.2 cm³/mol. The van der Waals surface area contributed by atoms with E-state index in [0.29, 0.717) is 0 Å². The second-order valence-electron chi connectivity index (χ2n) is 5.06. The van der Waals surface area contributed by atoms with E-state index in [1.807, 2.05) is 70.2 Å². The van der Waals surface area contributed by atoms with Crippen LogP contribution in [0.5, 0.6) is 5.75 Å². The Labute approximate surface area is 122 Å². The zero-order valence-electron chi connectivity index (χ0n) is 13.3. The Morgan fingerprint density at radius 1 is 0.900 bits per heavy atom. The minimum absolute atomic E-state index is 0.0417. The topological polar surface area (TPSA) is 31.6 Å². The molecule has 0 saturated heterocycles. The number of methoxy groups -OCH3 is 2. The van der Waals surface area contributed by atoms with E-state index in [1.54, 1.807) is 20.5 Å². The van der Waals surface area contributed by atoms with Gasteiger partial charge in [-0.1, -0.05) is 18.2 Å². The fourth-order valence-corrected chi connectivity index (χ4v) is 0.917. The summed E-state index contributed by atoms with van der Waals surface area (Å²) in [5.41, 5.74) is 0.0417. The van der Waals surface area contributed by atoms with Gasteiger partial charge in [0.05, 0.1) is 19.0 Å². The Kier molecular flexibility index (Phi) is 9.22. The lowest BCUT2D eigenvalue weighted by Gasteiger charge is -2.14. The zero-order valence-corrected chi connectivity index (χ0v) is 13.3. The number of hydrogen-bond acceptors (Lipinski definition) is 3. The van der Waals surface area contributed by atoms with Crippen molar-refractivity contribution in [3.8, 4) is 5.75 Å². The van der Waals surface area contributed by atoms with Crippen LogP contribution in [0.25, 0.3) is 0 Å². The van der Waals surface area contributed by atoms with Crippen molar-refractivity contribution in [3.63, 3.8) is 0 Å². The van der Waals surface area contributed by atoms with Crippen molar-refractivity contribution in [3.05, 3.63) is 54.5 Å². The smallest absolute Gasteiger partial charge is 0.118 e. The van der Waals surface area contributed by atoms with Crippen molar-refractivity contribution in [2.24, 2.45) is 0 Å². The van der Waals surface area contributed by atoms with Crippen molar-refractivity contribution in [1.29, 1.82) is 0 Å². The summed E-state index contributed by atoms with van der Waals surface area (Å²) < 4.78 is 14.7. The summed E-state index contributed by atoms with van der Waals surface area (Å²) in [5.74, 6) is 1.88. The number of benzene rings is 1. The summed E-state index contributed by atoms with van der Waals surface area (Å²) in [7, 11) is 3.37. The molecule has 0 unspecified atom stereocenters. The maximum atomic E-state index is 4.94. The van der Waals surface area contributed by atoms with E-state index in [9.17, 15) is 0 Å². The van der Waals surface area contributed by atoms with Gasteiger partial charge in [-0.3, -0.25) is 0 Å². The third kappa shape index (κ3) is 11.4. The van der Waals surface area contributed by atoms with Crippen molar-refractivity contribution in [2.45, 2.75) is 33.3 Å². The van der Waals surface area contributed by atoms with E-state index in [0.717, 1.165) is 11.5 Å². The lowest BCUT2D eigenvalue weighted by Crippen LogP contribution is -2.15. The highest BCUT2D eigenvalue weighted by Crippen LogP contribution is 2.05. The van der Waals surface area contributed by atoms with E-state index >= 15 is 0 Å². The molecule has 0 saturated carbocycles. The van der Waals surface area contributed by atoms with Crippen LogP contribution in [0.15, 0.2) is 53.1 Å². The van der Waals surface area contributed by atoms with Crippen LogP contribution >= 0.6 is 0 Å². The molecule has 0 aliphatic heterocycles. The molecule has 2 aromatic rings. The second-order valence-corrected chi connectivity index (χ2v) is 5.06. The monoisotopic (exact) mass is 278 g/mol. The van der Waals surface area contributed by atoms with Gasteiger partial charge in [0.15, 0.2) is 0 Å². The molecule has 0 N–H and O–H groups in total. The summed E-state index contributed by atoms with van der Waals surface area (Å²) in [6.45, 7) is 7.98. The lowest BCUT2D eigenvalue weighted by atomic mass is 10.2. The fraction of sp³-hybridized carbons (Fsp3) is 0.412. The lowest BCUT2D eigenvalue weighted by molar-refractivity contribution is 0.0397. The van der Waals surface area contributed by atoms with Gasteiger partial charge in [0.25, 0.3) is 0 Å². The molecule has 0 atom stereocenters. The molecule has 3 heteroatoms. The number of ether oxygens (including phenoxy) is 2. The molecule has 20 heavy (non-hydrogen) atoms. The average molecular weight is 278 g/mol. The summed E-state index contributed by atoms with van der Waals surface area (Å²) in [6.07, 6.45) is 1.66. The molecule has 0 amide bonds. The van der Waals surface area contributed by atoms with Crippen molar-refractivity contribution >= 4 is 0 Å². The Morgan fingerprint density at radius 2 is 1.45 bits per heavy atom. The van der Waals surface area contributed by atoms with Crippen molar-refractivity contribution in [1.82, 2.24) is 0 Å². The molecule has 112 valence electrons. The number of furan rings is 1. The first-order chi connectivity index (χ1) is 9.39. The first kappa shape index (κ1) is 18.3. The van der Waals surface area contributed by atoms with E-state index < -0.39 is 0 Å². The SMILES string of the molecule is COC(C)(C)C.COc1ccccc1.Cc1ccco1. The third-order valence-corrected chi connectivity index (χ3v) is 2.25. The van der Waals surface area contributed by atoms with Crippen LogP contribution in [0, 0.1) is 6.92 Å². The Morgan fingerprint density at radius 3 is 1.65 bits per heavy atom. The van der Waals surface area contributed by atoms with Gasteiger partial charge in [-0.25, -0.2) is 0 Å². The quantitative estimate of drug-likeness (QED) is 0.756. The van der Waals surface area contributed by atoms with Crippen LogP contribution in [-0.2, 0) is 4.74 Å². The van der Waals surface area contributed by atoms with Crippen LogP contribution < -0.4 is 4.74 Å². The highest BCUT2D eigenvalue weighted by molar-refractivity contribution is 5.20. The van der Waals surface area contributed by atoms with Crippen LogP contribution in [0.4, 0.5) is 0 Å². The Balaban J connectivity index is 0.000000276. The van der Waals surface area contributed by atoms with Gasteiger partial charge in [0, 0.05) is 7.11 Å². The van der Waals surface area contributed by atoms with E-state index in [2.05, 4.69) is 0 Å². The molecule has 2 rings (SSSR count). The molecule has 0 spiro atoms. The Bertz CT molecular complexity index is 413. The standard InChI is InChI=1S/C7H8O.C5H6O.C5H12O/c1-8-7-5-3-2-4-6-7;1-5-3-2-4-6-5;1-5(2,3)6-4/h2-6H,1H3;2-4H,1H3;1-4H3. The van der Waals surface area contributed by atoms with E-state index in [4.69, 9.17) is 13.9 Å². The summed E-state index contributed by atoms with van der Waals surface area (Å²) in [6, 6.07) is 13.5. The predicted octanol–water partition coefficient (Wildman–Crippen LogP) is 4.71. The third-order valence-electron chi connectivity index (χ3n) is 2.25. The molecule has 1 aromatic heterocycles. The molecule has 0 bridgehead atoms. The summed E-state index contributed by atoms with van der Waals surface area (Å²) in [5, 5.41) is 0. The van der Waals surface area contributed by atoms with E-state index in [1.165, 1.54) is 0 Å². The molecule has 1 aromatic carbocycles. The molecule has 3 nitrogen and oxygen atoms in total. The van der Waals surface area contributed by atoms with Crippen LogP contribution in [-0.4, -0.2) is 19.8 Å². The van der Waals surface area contributed by atoms with Gasteiger partial charge in [0.1, 0.15) is 11.5 Å². The van der Waals surface area contributed by atoms with Gasteiger partial charge in [-0.15, -0.1) is 0 Å². The fourth-order valence-electron chi connectivity index (χ4n) is 0.917. The first-order valence-corrected chi connectivity index (χ1v) is 6.53. The number of rotatable bonds is 1. The number of hydrogen-bond donors (Lipinski definition) is 0. The molecule has 0 radical (unpaired) electrons. The molecular weight excluding hydrogens is 252 g/mol. The molecular formula is C17H26O3. The van der Waals surface area contributed by atoms with E-state index in [-0.39, 0.29) is 5.60 Å². The van der Waals surface area contributed by atoms with Crippen LogP contribution in [0.2, 0.25) is 0 Å². The first-order valence-electron chi connectivity index (χ1n) is 6.53. The van der Waals surface area contributed by atoms with Gasteiger partial charge >= 0.3 is 0 Å². The Hall–Kier alpha value is -1.74. The number of para-hydroxylation sites is 1. The van der Waals surface area contributed by atoms with Gasteiger partial charge in [0.2, 0.25) is 0 Å². The maximum Gasteiger partial charge on any atom is 0.118 e. The average Bonchev–Trinajstić information content (AvgIpc) is 2.91. The molecule has 0 aliphatic rings. The highest BCUT2D eigenvalue weighted by atomic mass is 16.5. The van der Waals surface area contributed by atoms with Crippen LogP contribution in [0.3, 0.4) is 0 Å². The maximum absolute atomic E-state index is 4.94. The summed E-state index contributed by atoms with van der Waals surface area (Å²) >= 11 is 0. The zero-order chi connectivity index (χ0) is 15.4. The van der Waals surface area contributed by atoms with Crippen molar-refractivity contribution < 1.29 is 13.9 Å². The van der Waals surface area contributed by atoms with Gasteiger partial charge in [-0.05, 0) is 52.0 Å². The summed E-state index contributed by atoms with van der Waals surface area (Å²) in [4.78, 5) is 0. The highest BCUT2D eigenvalue weighted by Gasteiger charge is 2.04. The molecule has 0 aliphatic carbocycles. The normalized spacial score (nSPS) is 9.70. The molecule has 0 fully saturated rings. The molecule has 1 heterocycles. The van der Waals surface area contributed by atoms with Crippen LogP contribution in [0.1, 0.15) is 26.5 Å². The number of aryl methyl sites for hydroxylation is 1. The van der Waals surface area contributed by atoms with Gasteiger partial charge in [-0.2, -0.15) is 0 Å². The second kappa shape index (κ2) is 10.1. The minimum Gasteiger partial charge on any atom is -0.497 e. The largest absolute Gasteiger partial charge is 0.497 e. The minimum atomic E-state index is 0.0417. The van der Waals surface area contributed by atoms with Gasteiger partial charge < -0.3 is 13.9 Å². The van der Waals surface area contributed by atoms with Crippen molar-refractivity contribution in [2.75, 3.05) is 14.2 Å².